The van der Waals surface area contributed by atoms with E-state index in [1.165, 1.54) is 0 Å². The van der Waals surface area contributed by atoms with E-state index in [2.05, 4.69) is 12.2 Å². The van der Waals surface area contributed by atoms with Crippen LogP contribution in [0.15, 0.2) is 0 Å². The lowest BCUT2D eigenvalue weighted by Crippen LogP contribution is -2.37. The fourth-order valence-electron chi connectivity index (χ4n) is 0.639. The van der Waals surface area contributed by atoms with E-state index in [1.54, 1.807) is 14.0 Å². The van der Waals surface area contributed by atoms with Crippen LogP contribution in [-0.2, 0) is 5.11 Å². The van der Waals surface area contributed by atoms with Crippen LogP contribution in [0, 0.1) is 0 Å². The summed E-state index contributed by atoms with van der Waals surface area (Å²) in [7, 11) is 1.71. The van der Waals surface area contributed by atoms with Gasteiger partial charge in [-0.3, -0.25) is 5.32 Å². The zero-order valence-corrected chi connectivity index (χ0v) is 6.53. The Labute approximate surface area is 57.3 Å². The van der Waals surface area contributed by atoms with E-state index in [1.807, 2.05) is 0 Å². The second kappa shape index (κ2) is 3.85. The molecule has 0 bridgehead atoms. The smallest absolute Gasteiger partial charge is 0.151 e. The maximum atomic E-state index is 11.1. The summed E-state index contributed by atoms with van der Waals surface area (Å²) in [5, 5.41) is 13.8. The van der Waals surface area contributed by atoms with Crippen LogP contribution in [0.25, 0.3) is 0 Å². The summed E-state index contributed by atoms with van der Waals surface area (Å²) in [6.45, 7) is 3.77. The quantitative estimate of drug-likeness (QED) is 0.575. The average Bonchev–Trinajstić information content (AvgIpc) is 1.84. The first-order valence-electron chi connectivity index (χ1n) is 3.51. The van der Waals surface area contributed by atoms with Crippen molar-refractivity contribution in [1.29, 1.82) is 0 Å². The molecule has 0 rings (SSSR count). The highest BCUT2D eigenvalue weighted by Gasteiger charge is 2.17. The van der Waals surface area contributed by atoms with Crippen molar-refractivity contribution in [2.45, 2.75) is 38.8 Å². The Morgan fingerprint density at radius 3 is 2.44 bits per heavy atom. The zero-order valence-electron chi connectivity index (χ0n) is 6.53. The average molecular weight is 130 g/mol. The van der Waals surface area contributed by atoms with Crippen LogP contribution in [0.1, 0.15) is 33.1 Å². The van der Waals surface area contributed by atoms with Crippen LogP contribution in [0.2, 0.25) is 0 Å². The molecule has 0 saturated carbocycles. The van der Waals surface area contributed by atoms with Crippen molar-refractivity contribution in [1.82, 2.24) is 5.32 Å². The predicted molar refractivity (Wildman–Crippen MR) is 37.7 cm³/mol. The standard InChI is InChI=1S/C7H16NO/c1-4-5-6-7(2,9)8-3/h8H,4-6H2,1-3H3. The molecule has 2 heteroatoms. The Hall–Kier alpha value is -0.0800. The van der Waals surface area contributed by atoms with Gasteiger partial charge in [0.1, 0.15) is 0 Å². The molecule has 2 nitrogen and oxygen atoms in total. The van der Waals surface area contributed by atoms with Crippen LogP contribution >= 0.6 is 0 Å². The van der Waals surface area contributed by atoms with Gasteiger partial charge in [-0.25, -0.2) is 5.11 Å². The first kappa shape index (κ1) is 8.92. The molecule has 0 aromatic rings. The Kier molecular flexibility index (Phi) is 3.82. The molecule has 55 valence electrons. The Balaban J connectivity index is 3.33. The third kappa shape index (κ3) is 4.43. The van der Waals surface area contributed by atoms with Gasteiger partial charge in [0, 0.05) is 0 Å². The minimum atomic E-state index is -0.907. The number of unbranched alkanes of at least 4 members (excludes halogenated alkanes) is 1. The Bertz CT molecular complexity index is 71.3. The minimum Gasteiger partial charge on any atom is -0.290 e. The van der Waals surface area contributed by atoms with E-state index in [0.717, 1.165) is 19.3 Å². The molecule has 0 heterocycles. The SMILES string of the molecule is CCCCC(C)([O])NC. The molecule has 0 aromatic carbocycles. The summed E-state index contributed by atoms with van der Waals surface area (Å²) in [6, 6.07) is 0. The van der Waals surface area contributed by atoms with E-state index in [9.17, 15) is 5.11 Å². The molecular formula is C7H16NO. The molecule has 1 radical (unpaired) electrons. The monoisotopic (exact) mass is 130 g/mol. The first-order chi connectivity index (χ1) is 4.12. The van der Waals surface area contributed by atoms with Gasteiger partial charge in [-0.05, 0) is 26.8 Å². The molecule has 1 N–H and O–H groups in total. The van der Waals surface area contributed by atoms with Crippen LogP contribution in [0.5, 0.6) is 0 Å². The molecule has 1 unspecified atom stereocenters. The van der Waals surface area contributed by atoms with Gasteiger partial charge in [0.15, 0.2) is 5.72 Å². The van der Waals surface area contributed by atoms with E-state index in [0.29, 0.717) is 0 Å². The second-order valence-corrected chi connectivity index (χ2v) is 2.58. The van der Waals surface area contributed by atoms with Gasteiger partial charge in [-0.2, -0.15) is 0 Å². The van der Waals surface area contributed by atoms with Crippen LogP contribution < -0.4 is 5.32 Å². The summed E-state index contributed by atoms with van der Waals surface area (Å²) in [5.74, 6) is 0. The van der Waals surface area contributed by atoms with Crippen LogP contribution in [0.3, 0.4) is 0 Å². The van der Waals surface area contributed by atoms with Crippen molar-refractivity contribution in [3.05, 3.63) is 0 Å². The van der Waals surface area contributed by atoms with E-state index < -0.39 is 5.72 Å². The lowest BCUT2D eigenvalue weighted by molar-refractivity contribution is -0.0450. The summed E-state index contributed by atoms with van der Waals surface area (Å²) in [5.41, 5.74) is -0.907. The van der Waals surface area contributed by atoms with Gasteiger partial charge in [-0.15, -0.1) is 0 Å². The highest BCUT2D eigenvalue weighted by molar-refractivity contribution is 4.64. The highest BCUT2D eigenvalue weighted by Crippen LogP contribution is 2.08. The van der Waals surface area contributed by atoms with Crippen molar-refractivity contribution >= 4 is 0 Å². The van der Waals surface area contributed by atoms with E-state index in [-0.39, 0.29) is 0 Å². The molecule has 9 heavy (non-hydrogen) atoms. The lowest BCUT2D eigenvalue weighted by Gasteiger charge is -2.18. The van der Waals surface area contributed by atoms with Gasteiger partial charge in [0.05, 0.1) is 0 Å². The number of nitrogens with one attached hydrogen (secondary N) is 1. The predicted octanol–water partition coefficient (Wildman–Crippen LogP) is 1.54. The van der Waals surface area contributed by atoms with Crippen molar-refractivity contribution in [3.8, 4) is 0 Å². The van der Waals surface area contributed by atoms with Crippen molar-refractivity contribution in [3.63, 3.8) is 0 Å². The molecule has 0 saturated heterocycles. The Morgan fingerprint density at radius 2 is 2.11 bits per heavy atom. The number of hydrogen-bond donors (Lipinski definition) is 1. The van der Waals surface area contributed by atoms with Crippen LogP contribution in [-0.4, -0.2) is 12.8 Å². The van der Waals surface area contributed by atoms with Crippen LogP contribution in [0.4, 0.5) is 0 Å². The summed E-state index contributed by atoms with van der Waals surface area (Å²) < 4.78 is 0. The second-order valence-electron chi connectivity index (χ2n) is 2.58. The maximum Gasteiger partial charge on any atom is 0.151 e. The van der Waals surface area contributed by atoms with E-state index in [4.69, 9.17) is 0 Å². The molecule has 0 spiro atoms. The third-order valence-electron chi connectivity index (χ3n) is 1.54. The largest absolute Gasteiger partial charge is 0.290 e. The fraction of sp³-hybridized carbons (Fsp3) is 1.00. The molecule has 1 atom stereocenters. The van der Waals surface area contributed by atoms with Crippen molar-refractivity contribution < 1.29 is 5.11 Å². The van der Waals surface area contributed by atoms with Gasteiger partial charge in [-0.1, -0.05) is 13.3 Å². The summed E-state index contributed by atoms with van der Waals surface area (Å²) >= 11 is 0. The number of hydrogen-bond acceptors (Lipinski definition) is 1. The molecule has 0 aliphatic rings. The van der Waals surface area contributed by atoms with Gasteiger partial charge in [0.2, 0.25) is 0 Å². The van der Waals surface area contributed by atoms with E-state index >= 15 is 0 Å². The third-order valence-corrected chi connectivity index (χ3v) is 1.54. The van der Waals surface area contributed by atoms with Crippen molar-refractivity contribution in [2.24, 2.45) is 0 Å². The highest BCUT2D eigenvalue weighted by atomic mass is 16.3. The molecular weight excluding hydrogens is 114 g/mol. The summed E-state index contributed by atoms with van der Waals surface area (Å²) in [4.78, 5) is 0. The molecule has 0 aromatic heterocycles. The minimum absolute atomic E-state index is 0.722. The van der Waals surface area contributed by atoms with Gasteiger partial charge < -0.3 is 0 Å². The molecule has 0 aliphatic carbocycles. The number of rotatable bonds is 4. The zero-order chi connectivity index (χ0) is 7.33. The molecule has 0 amide bonds. The first-order valence-corrected chi connectivity index (χ1v) is 3.51. The molecule has 0 aliphatic heterocycles. The van der Waals surface area contributed by atoms with Gasteiger partial charge >= 0.3 is 0 Å². The fourth-order valence-corrected chi connectivity index (χ4v) is 0.639. The Morgan fingerprint density at radius 1 is 1.56 bits per heavy atom. The lowest BCUT2D eigenvalue weighted by atomic mass is 10.1. The van der Waals surface area contributed by atoms with Crippen molar-refractivity contribution in [2.75, 3.05) is 7.05 Å². The normalized spacial score (nSPS) is 17.3. The molecule has 0 fully saturated rings. The summed E-state index contributed by atoms with van der Waals surface area (Å²) in [6.07, 6.45) is 2.83. The topological polar surface area (TPSA) is 31.9 Å². The maximum absolute atomic E-state index is 11.1. The van der Waals surface area contributed by atoms with Gasteiger partial charge in [0.25, 0.3) is 0 Å².